The van der Waals surface area contributed by atoms with E-state index in [-0.39, 0.29) is 388 Å². The molecule has 0 N–H and O–H groups in total. The summed E-state index contributed by atoms with van der Waals surface area (Å²) in [6.45, 7) is 21.1. The van der Waals surface area contributed by atoms with Gasteiger partial charge in [0, 0.05) is 336 Å². The molecular weight excluding hydrogens is 2010 g/mol. The Morgan fingerprint density at radius 2 is 0.720 bits per heavy atom. The number of hydrogen-bond donors (Lipinski definition) is 0. The molecule has 0 spiro atoms. The minimum Gasteiger partial charge on any atom is -0.541 e. The van der Waals surface area contributed by atoms with Crippen LogP contribution in [0, 0.1) is 30.6 Å². The third kappa shape index (κ3) is 58.9. The average molecular weight is 2110 g/mol. The summed E-state index contributed by atoms with van der Waals surface area (Å²) < 4.78 is 0. The number of carbonyl (C=O) groups is 15. The Balaban J connectivity index is -0.0000000962. The van der Waals surface area contributed by atoms with Crippen LogP contribution in [0.5, 0.6) is 0 Å². The van der Waals surface area contributed by atoms with Gasteiger partial charge in [0.05, 0.1) is 48.1 Å². The maximum Gasteiger partial charge on any atom is 0.242 e. The number of hydrogen-bond acceptors (Lipinski definition) is 26. The van der Waals surface area contributed by atoms with Gasteiger partial charge in [0.1, 0.15) is 46.3 Å². The molecule has 2 saturated heterocycles. The van der Waals surface area contributed by atoms with Gasteiger partial charge < -0.3 is 16.5 Å². The molecule has 2 aliphatic rings. The van der Waals surface area contributed by atoms with Gasteiger partial charge in [-0.2, -0.15) is 94.1 Å². The first-order chi connectivity index (χ1) is 43.8. The fraction of sp³-hybridized carbons (Fsp3) is 0.708. The van der Waals surface area contributed by atoms with Gasteiger partial charge in [-0.05, 0) is 74.8 Å². The van der Waals surface area contributed by atoms with Crippen LogP contribution in [0.2, 0.25) is 0 Å². The predicted octanol–water partition coefficient (Wildman–Crippen LogP) is 11.5. The van der Waals surface area contributed by atoms with Crippen LogP contribution >= 0.6 is 118 Å². The second-order valence-electron chi connectivity index (χ2n) is 20.4. The van der Waals surface area contributed by atoms with Crippen molar-refractivity contribution in [2.24, 2.45) is 23.7 Å². The Morgan fingerprint density at radius 1 is 0.420 bits per heavy atom. The fourth-order valence-corrected chi connectivity index (χ4v) is 14.8. The summed E-state index contributed by atoms with van der Waals surface area (Å²) in [6.07, 6.45) is 24.5. The van der Waals surface area contributed by atoms with Crippen LogP contribution in [0.25, 0.3) is 0 Å². The summed E-state index contributed by atoms with van der Waals surface area (Å²) in [7, 11) is 0. The van der Waals surface area contributed by atoms with Crippen LogP contribution in [0.15, 0.2) is 9.81 Å². The van der Waals surface area contributed by atoms with Gasteiger partial charge in [-0.15, -0.1) is 29.3 Å². The van der Waals surface area contributed by atoms with Gasteiger partial charge in [0.2, 0.25) is 23.6 Å². The summed E-state index contributed by atoms with van der Waals surface area (Å²) in [5, 5.41) is -1.09. The number of likely N-dealkylation sites (tertiary alicyclic amines) is 2. The zero-order valence-corrected chi connectivity index (χ0v) is 90.6. The molecule has 0 saturated carbocycles. The average Bonchev–Trinajstić information content (AvgIpc) is 1.66. The van der Waals surface area contributed by atoms with Gasteiger partial charge in [-0.3, -0.25) is 83.2 Å². The summed E-state index contributed by atoms with van der Waals surface area (Å²) in [4.78, 5) is 187. The largest absolute Gasteiger partial charge is 0.541 e. The number of carbonyl (C=O) groups excluding carboxylic acids is 16. The first-order valence-electron chi connectivity index (χ1n) is 30.3. The summed E-state index contributed by atoms with van der Waals surface area (Å²) in [5.74, 6) is 0.376. The molecule has 0 aromatic rings. The Kier molecular flexibility index (Phi) is 110. The molecule has 0 bridgehead atoms. The van der Waals surface area contributed by atoms with E-state index in [0.29, 0.717) is 84.2 Å². The molecule has 2 rings (SSSR count). The van der Waals surface area contributed by atoms with E-state index >= 15 is 0 Å². The maximum absolute atomic E-state index is 12.5. The number of ketones is 11. The van der Waals surface area contributed by atoms with Crippen molar-refractivity contribution >= 4 is 211 Å². The zero-order chi connectivity index (χ0) is 73.1. The second-order valence-corrected chi connectivity index (χ2v) is 29.6. The molecular formula is C65H106N2O16S10Y7-2. The van der Waals surface area contributed by atoms with E-state index in [1.165, 1.54) is 118 Å². The van der Waals surface area contributed by atoms with E-state index in [0.717, 1.165) is 9.80 Å². The predicted molar refractivity (Wildman–Crippen MR) is 402 cm³/mol. The van der Waals surface area contributed by atoms with E-state index in [1.54, 1.807) is 39.6 Å². The quantitative estimate of drug-likeness (QED) is 0.0313. The zero-order valence-electron chi connectivity index (χ0n) is 62.6. The molecule has 555 valence electrons. The van der Waals surface area contributed by atoms with E-state index < -0.39 is 11.8 Å². The fourth-order valence-electron chi connectivity index (χ4n) is 7.69. The van der Waals surface area contributed by atoms with Gasteiger partial charge in [-0.25, -0.2) is 0 Å². The molecule has 8 atom stereocenters. The van der Waals surface area contributed by atoms with Gasteiger partial charge >= 0.3 is 0 Å². The molecule has 2 fully saturated rings. The molecule has 7 radical (unpaired) electrons. The van der Waals surface area contributed by atoms with Crippen molar-refractivity contribution in [1.82, 2.24) is 9.80 Å². The molecule has 4 amide bonds. The standard InChI is InChI=1S/C20H28N2O6S2.2C10H18O2S2.C10H16O2S2.C8H14O2S.C4H7O.C3H5OS.7Y/c1-11(13(23)5-7-21-17(25)9-15(29-3)19(21)27)12(2)14(24)6-8-22-18(26)10-16(30-4)20(22)28;1-7(9(11)5-13-3)8(2)10(12)6-14-4;2*1-5-7(11)9(13-3)10(14-4)8(12)6-2;1-3-7(9)4-5-8(10)6-11-2;1-3-4(2)5;1-5-3-2-4;;;;;;;/h11-12,15-16H,5-10H2,1-4H3;7-8H,5-6H2,1-4H3;9-10H,5-6H2,1-4H3;5-6H2,1-4H3;3-6H2,1-2H3;2-3H2,1H3;3H2,1H3;;;;;;;/q;;;;;2*-1;;;;;;;/b;;;10-9-;;;;;;;;;;/t11-,12?,15?,16?;7-,8?;;;;;;;;;;;;/m10............/s1. The van der Waals surface area contributed by atoms with E-state index in [4.69, 9.17) is 0 Å². The smallest absolute Gasteiger partial charge is 0.242 e. The van der Waals surface area contributed by atoms with Crippen molar-refractivity contribution in [2.75, 3.05) is 98.7 Å². The molecule has 0 aromatic heterocycles. The SMILES string of the molecule is CCC(=O)/C(SC)=C(/SC)C(=O)CC.CCC(=O)C(SC)C(SC)C(=O)CC.CCC(=O)CCC(=O)CSC.CSC1CC(=O)N(CCC(=O)C(C)[C@@H](C)C(=O)CCN2C(=O)CC(SC)C2=O)C1=O.CSCC(=O)C(C)[C@H](C)C(=O)CSC.CSC[C-]=O.[CH2-]C(=O)CC.[Y].[Y].[Y].[Y].[Y].[Y].[Y]. The minimum absolute atomic E-state index is 0. The first-order valence-corrected chi connectivity index (χ1v) is 43.5. The van der Waals surface area contributed by atoms with E-state index in [2.05, 4.69) is 6.92 Å². The summed E-state index contributed by atoms with van der Waals surface area (Å²) >= 11 is 14.4. The summed E-state index contributed by atoms with van der Waals surface area (Å²) in [6, 6.07) is 0. The summed E-state index contributed by atoms with van der Waals surface area (Å²) in [5.41, 5.74) is 0. The van der Waals surface area contributed by atoms with Crippen molar-refractivity contribution in [3.05, 3.63) is 16.7 Å². The number of amides is 4. The third-order valence-electron chi connectivity index (χ3n) is 14.1. The molecule has 2 heterocycles. The second kappa shape index (κ2) is 83.6. The van der Waals surface area contributed by atoms with Crippen molar-refractivity contribution in [1.29, 1.82) is 0 Å². The van der Waals surface area contributed by atoms with Crippen LogP contribution in [-0.4, -0.2) is 223 Å². The van der Waals surface area contributed by atoms with Crippen molar-refractivity contribution in [3.63, 3.8) is 0 Å². The molecule has 35 heteroatoms. The Labute approximate surface area is 818 Å². The monoisotopic (exact) mass is 2110 g/mol. The Bertz CT molecular complexity index is 2330. The topological polar surface area (TPSA) is 280 Å². The Hall–Kier alpha value is 5.16. The molecule has 2 aliphatic heterocycles. The molecule has 6 unspecified atom stereocenters. The normalized spacial score (nSPS) is 14.9. The van der Waals surface area contributed by atoms with E-state index in [9.17, 15) is 76.7 Å². The maximum atomic E-state index is 12.5. The van der Waals surface area contributed by atoms with E-state index in [1.807, 2.05) is 98.5 Å². The number of thioether (sulfide) groups is 10. The van der Waals surface area contributed by atoms with Crippen LogP contribution < -0.4 is 0 Å². The number of imide groups is 2. The first kappa shape index (κ1) is 131. The van der Waals surface area contributed by atoms with Gasteiger partial charge in [0.15, 0.2) is 11.6 Å². The molecule has 18 nitrogen and oxygen atoms in total. The Morgan fingerprint density at radius 3 is 0.920 bits per heavy atom. The minimum atomic E-state index is -0.578. The van der Waals surface area contributed by atoms with Crippen LogP contribution in [0.4, 0.5) is 0 Å². The number of allylic oxidation sites excluding steroid dienone is 2. The van der Waals surface area contributed by atoms with Crippen LogP contribution in [-0.2, 0) is 306 Å². The molecule has 0 aliphatic carbocycles. The molecule has 0 aromatic carbocycles. The third-order valence-corrected chi connectivity index (χ3v) is 22.2. The number of rotatable bonds is 40. The number of Topliss-reactive ketones (excluding diaryl/α,β-unsaturated/α-hetero) is 11. The van der Waals surface area contributed by atoms with Crippen molar-refractivity contribution in [3.8, 4) is 0 Å². The molecule has 100 heavy (non-hydrogen) atoms. The van der Waals surface area contributed by atoms with Crippen molar-refractivity contribution in [2.45, 2.75) is 167 Å². The van der Waals surface area contributed by atoms with Crippen molar-refractivity contribution < 1.29 is 306 Å². The number of nitrogens with zero attached hydrogens (tertiary/aromatic N) is 2. The van der Waals surface area contributed by atoms with Crippen LogP contribution in [0.1, 0.15) is 146 Å². The van der Waals surface area contributed by atoms with Gasteiger partial charge in [-0.1, -0.05) is 69.2 Å². The van der Waals surface area contributed by atoms with Crippen LogP contribution in [0.3, 0.4) is 0 Å². The van der Waals surface area contributed by atoms with Gasteiger partial charge in [0.25, 0.3) is 0 Å².